The molecule has 0 unspecified atom stereocenters. The highest BCUT2D eigenvalue weighted by Crippen LogP contribution is 2.09. The van der Waals surface area contributed by atoms with Gasteiger partial charge in [0.2, 0.25) is 0 Å². The lowest BCUT2D eigenvalue weighted by Gasteiger charge is -1.95. The van der Waals surface area contributed by atoms with Crippen molar-refractivity contribution in [1.29, 1.82) is 0 Å². The summed E-state index contributed by atoms with van der Waals surface area (Å²) in [6, 6.07) is 3.89. The van der Waals surface area contributed by atoms with Crippen LogP contribution < -0.4 is 0 Å². The molecule has 0 fully saturated rings. The second-order valence-electron chi connectivity index (χ2n) is 2.07. The molecule has 0 bridgehead atoms. The van der Waals surface area contributed by atoms with Crippen molar-refractivity contribution in [2.45, 2.75) is 0 Å². The standard InChI is InChI=1S/C6H5N6S/c1-2-5(13-3-1)4-7-8-6-9-11-12-10-6/h1-4H,(H-,8,9,10,11,12)/q-1/b7-4-. The fourth-order valence-electron chi connectivity index (χ4n) is 0.701. The first kappa shape index (κ1) is 7.87. The van der Waals surface area contributed by atoms with Gasteiger partial charge in [0, 0.05) is 4.88 Å². The highest BCUT2D eigenvalue weighted by atomic mass is 32.1. The highest BCUT2D eigenvalue weighted by molar-refractivity contribution is 7.11. The molecule has 7 heteroatoms. The van der Waals surface area contributed by atoms with E-state index in [0.29, 0.717) is 0 Å². The third kappa shape index (κ3) is 2.09. The van der Waals surface area contributed by atoms with Crippen LogP contribution in [-0.4, -0.2) is 26.8 Å². The third-order valence-electron chi connectivity index (χ3n) is 1.21. The average molecular weight is 193 g/mol. The van der Waals surface area contributed by atoms with Gasteiger partial charge in [-0.2, -0.15) is 0 Å². The Labute approximate surface area is 77.7 Å². The van der Waals surface area contributed by atoms with Crippen LogP contribution in [0, 0.1) is 0 Å². The first-order valence-electron chi connectivity index (χ1n) is 3.46. The minimum Gasteiger partial charge on any atom is -0.277 e. The van der Waals surface area contributed by atoms with E-state index in [4.69, 9.17) is 0 Å². The number of nitrogens with one attached hydrogen (secondary N) is 1. The zero-order valence-corrected chi connectivity index (χ0v) is 7.27. The smallest absolute Gasteiger partial charge is 0.0830 e. The Bertz CT molecular complexity index is 364. The minimum absolute atomic E-state index is 0.229. The van der Waals surface area contributed by atoms with Crippen molar-refractivity contribution in [3.8, 4) is 0 Å². The number of H-pyrrole nitrogens is 1. The molecule has 0 amide bonds. The van der Waals surface area contributed by atoms with Crippen LogP contribution in [0.15, 0.2) is 22.6 Å². The molecule has 0 saturated carbocycles. The summed E-state index contributed by atoms with van der Waals surface area (Å²) < 4.78 is 0. The van der Waals surface area contributed by atoms with E-state index in [0.717, 1.165) is 4.88 Å². The summed E-state index contributed by atoms with van der Waals surface area (Å²) in [5, 5.41) is 18.6. The number of hydrogen-bond donors (Lipinski definition) is 1. The predicted molar refractivity (Wildman–Crippen MR) is 49.1 cm³/mol. The molecule has 66 valence electrons. The van der Waals surface area contributed by atoms with Crippen LogP contribution in [0.1, 0.15) is 4.88 Å². The zero-order valence-electron chi connectivity index (χ0n) is 6.45. The number of rotatable bonds is 3. The Morgan fingerprint density at radius 1 is 1.62 bits per heavy atom. The van der Waals surface area contributed by atoms with Crippen molar-refractivity contribution < 1.29 is 0 Å². The molecule has 0 saturated heterocycles. The summed E-state index contributed by atoms with van der Waals surface area (Å²) in [6.45, 7) is 0. The van der Waals surface area contributed by atoms with E-state index in [1.165, 1.54) is 0 Å². The van der Waals surface area contributed by atoms with Crippen LogP contribution in [0.4, 0.5) is 5.95 Å². The van der Waals surface area contributed by atoms with Gasteiger partial charge in [-0.15, -0.1) is 16.6 Å². The second kappa shape index (κ2) is 3.76. The van der Waals surface area contributed by atoms with Gasteiger partial charge in [-0.1, -0.05) is 6.07 Å². The molecular weight excluding hydrogens is 188 g/mol. The summed E-state index contributed by atoms with van der Waals surface area (Å²) in [5.41, 5.74) is 3.70. The Balaban J connectivity index is 1.93. The van der Waals surface area contributed by atoms with E-state index >= 15 is 0 Å². The lowest BCUT2D eigenvalue weighted by atomic mass is 10.5. The summed E-state index contributed by atoms with van der Waals surface area (Å²) in [5.74, 6) is 0.229. The van der Waals surface area contributed by atoms with Crippen LogP contribution in [-0.2, 0) is 0 Å². The van der Waals surface area contributed by atoms with Gasteiger partial charge in [0.25, 0.3) is 0 Å². The van der Waals surface area contributed by atoms with Crippen LogP contribution in [0.25, 0.3) is 5.43 Å². The monoisotopic (exact) mass is 193 g/mol. The summed E-state index contributed by atoms with van der Waals surface area (Å²) in [7, 11) is 0. The van der Waals surface area contributed by atoms with Gasteiger partial charge in [-0.3, -0.25) is 20.8 Å². The lowest BCUT2D eigenvalue weighted by Crippen LogP contribution is -1.72. The topological polar surface area (TPSA) is 80.9 Å². The number of aromatic amines is 1. The normalized spacial score (nSPS) is 10.8. The largest absolute Gasteiger partial charge is 0.277 e. The van der Waals surface area contributed by atoms with E-state index in [9.17, 15) is 0 Å². The average Bonchev–Trinajstić information content (AvgIpc) is 2.75. The fourth-order valence-corrected chi connectivity index (χ4v) is 1.28. The molecule has 0 aliphatic carbocycles. The van der Waals surface area contributed by atoms with Gasteiger partial charge in [0.15, 0.2) is 0 Å². The number of nitrogens with zero attached hydrogens (tertiary/aromatic N) is 5. The zero-order chi connectivity index (χ0) is 8.93. The maximum atomic E-state index is 3.78. The van der Waals surface area contributed by atoms with Gasteiger partial charge in [-0.25, -0.2) is 5.10 Å². The van der Waals surface area contributed by atoms with Gasteiger partial charge in [0.1, 0.15) is 0 Å². The van der Waals surface area contributed by atoms with Gasteiger partial charge >= 0.3 is 0 Å². The van der Waals surface area contributed by atoms with E-state index in [-0.39, 0.29) is 5.95 Å². The number of aromatic nitrogens is 4. The fraction of sp³-hybridized carbons (Fsp3) is 0. The number of hydrogen-bond acceptors (Lipinski definition) is 5. The van der Waals surface area contributed by atoms with Crippen molar-refractivity contribution in [3.05, 3.63) is 27.8 Å². The first-order valence-corrected chi connectivity index (χ1v) is 4.34. The van der Waals surface area contributed by atoms with E-state index in [2.05, 4.69) is 31.2 Å². The summed E-state index contributed by atoms with van der Waals surface area (Å²) in [6.07, 6.45) is 1.64. The second-order valence-corrected chi connectivity index (χ2v) is 3.05. The van der Waals surface area contributed by atoms with Crippen molar-refractivity contribution in [2.24, 2.45) is 5.10 Å². The molecular formula is C6H5N6S-. The SMILES string of the molecule is C(=N/[N-]c1nn[nH]n1)/c1cccs1. The maximum Gasteiger partial charge on any atom is 0.0830 e. The van der Waals surface area contributed by atoms with Gasteiger partial charge < -0.3 is 0 Å². The minimum atomic E-state index is 0.229. The third-order valence-corrected chi connectivity index (χ3v) is 2.02. The summed E-state index contributed by atoms with van der Waals surface area (Å²) in [4.78, 5) is 1.03. The van der Waals surface area contributed by atoms with Crippen molar-refractivity contribution in [3.63, 3.8) is 0 Å². The molecule has 2 aromatic rings. The molecule has 2 aromatic heterocycles. The molecule has 2 heterocycles. The van der Waals surface area contributed by atoms with Crippen molar-refractivity contribution >= 4 is 23.5 Å². The molecule has 0 aliphatic rings. The van der Waals surface area contributed by atoms with Crippen LogP contribution in [0.3, 0.4) is 0 Å². The van der Waals surface area contributed by atoms with Crippen molar-refractivity contribution in [1.82, 2.24) is 20.6 Å². The molecule has 0 aromatic carbocycles. The first-order chi connectivity index (χ1) is 6.45. The molecule has 0 aliphatic heterocycles. The molecule has 13 heavy (non-hydrogen) atoms. The number of thiophene rings is 1. The molecule has 0 atom stereocenters. The lowest BCUT2D eigenvalue weighted by molar-refractivity contribution is 0.881. The van der Waals surface area contributed by atoms with E-state index in [1.54, 1.807) is 17.6 Å². The predicted octanol–water partition coefficient (Wildman–Crippen LogP) is 1.30. The van der Waals surface area contributed by atoms with E-state index < -0.39 is 0 Å². The van der Waals surface area contributed by atoms with Crippen molar-refractivity contribution in [2.75, 3.05) is 0 Å². The quantitative estimate of drug-likeness (QED) is 0.589. The van der Waals surface area contributed by atoms with Crippen LogP contribution in [0.2, 0.25) is 0 Å². The molecule has 6 nitrogen and oxygen atoms in total. The maximum absolute atomic E-state index is 3.78. The van der Waals surface area contributed by atoms with Gasteiger partial charge in [-0.05, 0) is 11.4 Å². The van der Waals surface area contributed by atoms with Crippen LogP contribution in [0.5, 0.6) is 0 Å². The van der Waals surface area contributed by atoms with E-state index in [1.807, 2.05) is 17.5 Å². The van der Waals surface area contributed by atoms with Crippen LogP contribution >= 0.6 is 11.3 Å². The summed E-state index contributed by atoms with van der Waals surface area (Å²) >= 11 is 1.59. The molecule has 1 N–H and O–H groups in total. The Morgan fingerprint density at radius 2 is 2.62 bits per heavy atom. The molecule has 0 spiro atoms. The highest BCUT2D eigenvalue weighted by Gasteiger charge is 1.85. The van der Waals surface area contributed by atoms with Gasteiger partial charge in [0.05, 0.1) is 12.2 Å². The Kier molecular flexibility index (Phi) is 2.28. The molecule has 2 rings (SSSR count). The molecule has 0 radical (unpaired) electrons. The Morgan fingerprint density at radius 3 is 3.31 bits per heavy atom. The Hall–Kier alpha value is -1.76. The number of tetrazole rings is 1.